The molecule has 33 heavy (non-hydrogen) atoms. The molecule has 0 atom stereocenters. The Labute approximate surface area is 198 Å². The van der Waals surface area contributed by atoms with Gasteiger partial charge in [-0.3, -0.25) is 4.79 Å². The molecule has 4 aromatic rings. The number of hydrogen-bond acceptors (Lipinski definition) is 4. The minimum Gasteiger partial charge on any atom is -0.352 e. The van der Waals surface area contributed by atoms with E-state index in [-0.39, 0.29) is 5.91 Å². The summed E-state index contributed by atoms with van der Waals surface area (Å²) >= 11 is 6.28. The number of piperazine rings is 1. The lowest BCUT2D eigenvalue weighted by Crippen LogP contribution is -2.49. The molecule has 1 aromatic heterocycles. The predicted octanol–water partition coefficient (Wildman–Crippen LogP) is 5.53. The van der Waals surface area contributed by atoms with Crippen LogP contribution in [0.15, 0.2) is 66.7 Å². The number of benzene rings is 3. The van der Waals surface area contributed by atoms with Crippen LogP contribution in [0.2, 0.25) is 5.02 Å². The number of hydrogen-bond donors (Lipinski definition) is 0. The molecule has 0 saturated carbocycles. The predicted molar refractivity (Wildman–Crippen MR) is 134 cm³/mol. The molecular formula is C27H25ClN4O. The number of rotatable bonds is 3. The average Bonchev–Trinajstić information content (AvgIpc) is 2.84. The molecule has 1 amide bonds. The van der Waals surface area contributed by atoms with E-state index in [1.165, 1.54) is 5.56 Å². The van der Waals surface area contributed by atoms with E-state index < -0.39 is 0 Å². The third-order valence-electron chi connectivity index (χ3n) is 6.11. The molecule has 0 radical (unpaired) electrons. The second-order valence-corrected chi connectivity index (χ2v) is 8.98. The number of amides is 1. The maximum Gasteiger partial charge on any atom is 0.253 e. The summed E-state index contributed by atoms with van der Waals surface area (Å²) in [6.07, 6.45) is 0. The van der Waals surface area contributed by atoms with Gasteiger partial charge in [0.2, 0.25) is 0 Å². The molecule has 5 rings (SSSR count). The van der Waals surface area contributed by atoms with Crippen molar-refractivity contribution in [1.82, 2.24) is 14.9 Å². The Balaban J connectivity index is 1.44. The molecule has 0 bridgehead atoms. The summed E-state index contributed by atoms with van der Waals surface area (Å²) in [6, 6.07) is 21.7. The Hall–Kier alpha value is -3.44. The quantitative estimate of drug-likeness (QED) is 0.406. The van der Waals surface area contributed by atoms with E-state index in [1.54, 1.807) is 0 Å². The van der Waals surface area contributed by atoms with E-state index in [0.29, 0.717) is 37.0 Å². The van der Waals surface area contributed by atoms with E-state index in [1.807, 2.05) is 66.4 Å². The van der Waals surface area contributed by atoms with Gasteiger partial charge in [-0.15, -0.1) is 0 Å². The van der Waals surface area contributed by atoms with E-state index in [4.69, 9.17) is 21.6 Å². The molecule has 1 aliphatic rings. The highest BCUT2D eigenvalue weighted by atomic mass is 35.5. The van der Waals surface area contributed by atoms with Crippen molar-refractivity contribution < 1.29 is 4.79 Å². The highest BCUT2D eigenvalue weighted by Gasteiger charge is 2.24. The first-order valence-corrected chi connectivity index (χ1v) is 11.5. The van der Waals surface area contributed by atoms with Crippen molar-refractivity contribution in [2.45, 2.75) is 13.8 Å². The van der Waals surface area contributed by atoms with Crippen LogP contribution in [0.3, 0.4) is 0 Å². The third kappa shape index (κ3) is 4.41. The topological polar surface area (TPSA) is 49.3 Å². The number of carbonyl (C=O) groups excluding carboxylic acids is 1. The van der Waals surface area contributed by atoms with Crippen molar-refractivity contribution >= 4 is 34.2 Å². The van der Waals surface area contributed by atoms with Crippen LogP contribution in [0.5, 0.6) is 0 Å². The number of nitrogens with zero attached hydrogens (tertiary/aromatic N) is 4. The Morgan fingerprint density at radius 3 is 2.12 bits per heavy atom. The Morgan fingerprint density at radius 1 is 0.818 bits per heavy atom. The number of anilines is 1. The summed E-state index contributed by atoms with van der Waals surface area (Å²) in [5.41, 5.74) is 4.87. The number of carbonyl (C=O) groups is 1. The molecule has 2 heterocycles. The van der Waals surface area contributed by atoms with Crippen molar-refractivity contribution in [3.63, 3.8) is 0 Å². The van der Waals surface area contributed by atoms with Gasteiger partial charge in [-0.1, -0.05) is 59.1 Å². The number of aryl methyl sites for hydroxylation is 2. The van der Waals surface area contributed by atoms with E-state index in [9.17, 15) is 4.79 Å². The highest BCUT2D eigenvalue weighted by Crippen LogP contribution is 2.30. The first-order valence-electron chi connectivity index (χ1n) is 11.1. The third-order valence-corrected chi connectivity index (χ3v) is 6.35. The first-order chi connectivity index (χ1) is 16.0. The normalized spacial score (nSPS) is 14.0. The van der Waals surface area contributed by atoms with Crippen molar-refractivity contribution in [1.29, 1.82) is 0 Å². The largest absolute Gasteiger partial charge is 0.352 e. The van der Waals surface area contributed by atoms with Crippen molar-refractivity contribution in [2.75, 3.05) is 31.1 Å². The number of halogens is 1. The molecule has 5 nitrogen and oxygen atoms in total. The van der Waals surface area contributed by atoms with Gasteiger partial charge in [0.05, 0.1) is 5.52 Å². The fraction of sp³-hybridized carbons (Fsp3) is 0.222. The lowest BCUT2D eigenvalue weighted by Gasteiger charge is -2.36. The molecule has 1 saturated heterocycles. The maximum atomic E-state index is 12.9. The number of fused-ring (bicyclic) bond motifs is 1. The van der Waals surface area contributed by atoms with Crippen LogP contribution in [-0.2, 0) is 0 Å². The zero-order chi connectivity index (χ0) is 22.9. The summed E-state index contributed by atoms with van der Waals surface area (Å²) in [6.45, 7) is 6.79. The minimum absolute atomic E-state index is 0.0781. The minimum atomic E-state index is 0.0781. The zero-order valence-corrected chi connectivity index (χ0v) is 19.5. The van der Waals surface area contributed by atoms with Gasteiger partial charge in [0.1, 0.15) is 5.82 Å². The van der Waals surface area contributed by atoms with Crippen molar-refractivity contribution in [2.24, 2.45) is 0 Å². The molecule has 0 aliphatic carbocycles. The van der Waals surface area contributed by atoms with Crippen LogP contribution in [0.4, 0.5) is 5.82 Å². The summed E-state index contributed by atoms with van der Waals surface area (Å²) in [5.74, 6) is 1.64. The second-order valence-electron chi connectivity index (χ2n) is 8.54. The average molecular weight is 457 g/mol. The molecule has 0 spiro atoms. The fourth-order valence-corrected chi connectivity index (χ4v) is 4.33. The van der Waals surface area contributed by atoms with Crippen LogP contribution in [0, 0.1) is 13.8 Å². The molecule has 0 N–H and O–H groups in total. The van der Waals surface area contributed by atoms with Crippen LogP contribution >= 0.6 is 11.6 Å². The van der Waals surface area contributed by atoms with Gasteiger partial charge in [0.25, 0.3) is 5.91 Å². The molecule has 0 unspecified atom stereocenters. The summed E-state index contributed by atoms with van der Waals surface area (Å²) in [5, 5.41) is 1.61. The van der Waals surface area contributed by atoms with Gasteiger partial charge in [0, 0.05) is 47.7 Å². The maximum absolute atomic E-state index is 12.9. The monoisotopic (exact) mass is 456 g/mol. The lowest BCUT2D eigenvalue weighted by atomic mass is 10.1. The second kappa shape index (κ2) is 8.83. The van der Waals surface area contributed by atoms with Crippen LogP contribution in [0.25, 0.3) is 22.3 Å². The standard InChI is InChI=1S/C27H25ClN4O/c1-18-3-7-20(8-4-18)25-29-24-17-22(28)11-12-23(24)26(30-25)31-13-15-32(16-14-31)27(33)21-9-5-19(2)6-10-21/h3-12,17H,13-16H2,1-2H3. The van der Waals surface area contributed by atoms with Gasteiger partial charge in [-0.2, -0.15) is 0 Å². The smallest absolute Gasteiger partial charge is 0.253 e. The van der Waals surface area contributed by atoms with Gasteiger partial charge >= 0.3 is 0 Å². The van der Waals surface area contributed by atoms with Gasteiger partial charge < -0.3 is 9.80 Å². The Kier molecular flexibility index (Phi) is 5.73. The lowest BCUT2D eigenvalue weighted by molar-refractivity contribution is 0.0746. The Bertz CT molecular complexity index is 1310. The van der Waals surface area contributed by atoms with E-state index >= 15 is 0 Å². The highest BCUT2D eigenvalue weighted by molar-refractivity contribution is 6.31. The van der Waals surface area contributed by atoms with Gasteiger partial charge in [0.15, 0.2) is 5.82 Å². The SMILES string of the molecule is Cc1ccc(C(=O)N2CCN(c3nc(-c4ccc(C)cc4)nc4cc(Cl)ccc34)CC2)cc1. The van der Waals surface area contributed by atoms with Crippen LogP contribution < -0.4 is 4.90 Å². The zero-order valence-electron chi connectivity index (χ0n) is 18.8. The van der Waals surface area contributed by atoms with Crippen molar-refractivity contribution in [3.05, 3.63) is 88.4 Å². The first kappa shape index (κ1) is 21.4. The van der Waals surface area contributed by atoms with Crippen LogP contribution in [0.1, 0.15) is 21.5 Å². The number of aromatic nitrogens is 2. The molecule has 1 aliphatic heterocycles. The van der Waals surface area contributed by atoms with Crippen LogP contribution in [-0.4, -0.2) is 47.0 Å². The molecule has 6 heteroatoms. The van der Waals surface area contributed by atoms with E-state index in [2.05, 4.69) is 24.0 Å². The molecule has 3 aromatic carbocycles. The fourth-order valence-electron chi connectivity index (χ4n) is 4.16. The molecule has 1 fully saturated rings. The van der Waals surface area contributed by atoms with Gasteiger partial charge in [-0.05, 0) is 44.2 Å². The van der Waals surface area contributed by atoms with E-state index in [0.717, 1.165) is 33.4 Å². The van der Waals surface area contributed by atoms with Crippen molar-refractivity contribution in [3.8, 4) is 11.4 Å². The Morgan fingerprint density at radius 2 is 1.45 bits per heavy atom. The summed E-state index contributed by atoms with van der Waals surface area (Å²) in [7, 11) is 0. The molecular weight excluding hydrogens is 432 g/mol. The summed E-state index contributed by atoms with van der Waals surface area (Å²) in [4.78, 5) is 26.9. The summed E-state index contributed by atoms with van der Waals surface area (Å²) < 4.78 is 0. The molecule has 166 valence electrons. The van der Waals surface area contributed by atoms with Gasteiger partial charge in [-0.25, -0.2) is 9.97 Å².